The lowest BCUT2D eigenvalue weighted by molar-refractivity contribution is -0.0905. The number of hydrogen-bond donors (Lipinski definition) is 0. The van der Waals surface area contributed by atoms with Gasteiger partial charge < -0.3 is 19.3 Å². The van der Waals surface area contributed by atoms with Crippen LogP contribution >= 0.6 is 58.0 Å². The van der Waals surface area contributed by atoms with Crippen molar-refractivity contribution in [3.05, 3.63) is 22.2 Å². The van der Waals surface area contributed by atoms with Crippen LogP contribution in [-0.2, 0) is 0 Å². The number of ether oxygens (including phenoxy) is 2. The molecular formula is C15H13Cl5F3N3O2. The molecule has 5 nitrogen and oxygen atoms in total. The first kappa shape index (κ1) is 22.2. The minimum Gasteiger partial charge on any atom is -0.427 e. The Labute approximate surface area is 183 Å². The van der Waals surface area contributed by atoms with Crippen molar-refractivity contribution < 1.29 is 22.6 Å². The van der Waals surface area contributed by atoms with Crippen LogP contribution in [-0.4, -0.2) is 64.7 Å². The Balaban J connectivity index is 2.06. The number of piperazine rings is 1. The fourth-order valence-electron chi connectivity index (χ4n) is 2.68. The van der Waals surface area contributed by atoms with E-state index in [9.17, 15) is 13.2 Å². The molecule has 2 aliphatic rings. The van der Waals surface area contributed by atoms with E-state index in [4.69, 9.17) is 67.5 Å². The summed E-state index contributed by atoms with van der Waals surface area (Å²) in [6, 6.07) is 2.49. The molecule has 0 atom stereocenters. The lowest BCUT2D eigenvalue weighted by atomic mass is 10.3. The number of halogens is 8. The summed E-state index contributed by atoms with van der Waals surface area (Å²) >= 11 is 29.6. The predicted molar refractivity (Wildman–Crippen MR) is 103 cm³/mol. The molecule has 1 saturated heterocycles. The molecule has 0 N–H and O–H groups in total. The van der Waals surface area contributed by atoms with Crippen LogP contribution in [0.15, 0.2) is 17.1 Å². The third kappa shape index (κ3) is 4.32. The average Bonchev–Trinajstić information content (AvgIpc) is 2.91. The van der Waals surface area contributed by atoms with Crippen molar-refractivity contribution in [1.29, 1.82) is 0 Å². The van der Waals surface area contributed by atoms with Crippen molar-refractivity contribution in [3.63, 3.8) is 0 Å². The summed E-state index contributed by atoms with van der Waals surface area (Å²) in [6.45, 7) is 0.969. The Morgan fingerprint density at radius 3 is 1.86 bits per heavy atom. The SMILES string of the molecule is CN1CCN(/C(=N\C2(C(Cl)(Cl)Cl)Oc3cc(Cl)c(Cl)cc3O2)C(F)(F)F)CC1. The van der Waals surface area contributed by atoms with Gasteiger partial charge in [-0.25, -0.2) is 0 Å². The summed E-state index contributed by atoms with van der Waals surface area (Å²) in [4.78, 5) is 6.58. The van der Waals surface area contributed by atoms with Crippen molar-refractivity contribution in [2.24, 2.45) is 4.99 Å². The molecule has 0 unspecified atom stereocenters. The summed E-state index contributed by atoms with van der Waals surface area (Å²) in [5.41, 5.74) is 0. The largest absolute Gasteiger partial charge is 0.449 e. The van der Waals surface area contributed by atoms with Crippen LogP contribution < -0.4 is 9.47 Å². The van der Waals surface area contributed by atoms with Crippen molar-refractivity contribution in [2.45, 2.75) is 15.9 Å². The number of rotatable bonds is 1. The van der Waals surface area contributed by atoms with Crippen molar-refractivity contribution in [3.8, 4) is 11.5 Å². The first-order valence-electron chi connectivity index (χ1n) is 7.87. The molecule has 1 aromatic carbocycles. The molecule has 2 heterocycles. The van der Waals surface area contributed by atoms with Gasteiger partial charge in [0.15, 0.2) is 11.5 Å². The lowest BCUT2D eigenvalue weighted by Crippen LogP contribution is -2.56. The van der Waals surface area contributed by atoms with Crippen LogP contribution in [0, 0.1) is 0 Å². The summed E-state index contributed by atoms with van der Waals surface area (Å²) < 4.78 is 49.8. The highest BCUT2D eigenvalue weighted by Gasteiger charge is 2.61. The number of aliphatic imine (C=N–C) groups is 1. The second-order valence-corrected chi connectivity index (χ2v) is 9.32. The fraction of sp³-hybridized carbons (Fsp3) is 0.533. The number of fused-ring (bicyclic) bond motifs is 1. The highest BCUT2D eigenvalue weighted by molar-refractivity contribution is 6.68. The predicted octanol–water partition coefficient (Wildman–Crippen LogP) is 5.00. The third-order valence-corrected chi connectivity index (χ3v) is 5.59. The second kappa shape index (κ2) is 7.63. The van der Waals surface area contributed by atoms with Crippen LogP contribution in [0.5, 0.6) is 11.5 Å². The van der Waals surface area contributed by atoms with E-state index in [1.165, 1.54) is 12.1 Å². The molecule has 0 bridgehead atoms. The van der Waals surface area contributed by atoms with E-state index in [0.29, 0.717) is 13.1 Å². The molecule has 0 aromatic heterocycles. The third-order valence-electron chi connectivity index (χ3n) is 4.15. The molecule has 13 heteroatoms. The minimum absolute atomic E-state index is 0.0515. The Bertz CT molecular complexity index is 761. The summed E-state index contributed by atoms with van der Waals surface area (Å²) in [7, 11) is 1.80. The van der Waals surface area contributed by atoms with E-state index in [0.717, 1.165) is 4.90 Å². The number of alkyl halides is 6. The number of nitrogens with zero attached hydrogens (tertiary/aromatic N) is 3. The monoisotopic (exact) mass is 499 g/mol. The first-order valence-corrected chi connectivity index (χ1v) is 9.76. The Morgan fingerprint density at radius 2 is 1.46 bits per heavy atom. The summed E-state index contributed by atoms with van der Waals surface area (Å²) in [5, 5.41) is 0.173. The molecule has 28 heavy (non-hydrogen) atoms. The second-order valence-electron chi connectivity index (χ2n) is 6.22. The molecular weight excluding hydrogens is 488 g/mol. The van der Waals surface area contributed by atoms with E-state index >= 15 is 0 Å². The number of amidine groups is 1. The van der Waals surface area contributed by atoms with Crippen LogP contribution in [0.25, 0.3) is 0 Å². The number of benzene rings is 1. The molecule has 0 spiro atoms. The Kier molecular flexibility index (Phi) is 6.05. The molecule has 0 radical (unpaired) electrons. The van der Waals surface area contributed by atoms with Gasteiger partial charge in [-0.1, -0.05) is 58.0 Å². The van der Waals surface area contributed by atoms with Gasteiger partial charge in [0.2, 0.25) is 5.84 Å². The van der Waals surface area contributed by atoms with E-state index in [1.54, 1.807) is 7.05 Å². The normalized spacial score (nSPS) is 20.6. The quantitative estimate of drug-likeness (QED) is 0.309. The van der Waals surface area contributed by atoms with Crippen LogP contribution in [0.1, 0.15) is 0 Å². The Morgan fingerprint density at radius 1 is 1.00 bits per heavy atom. The smallest absolute Gasteiger partial charge is 0.427 e. The molecule has 0 amide bonds. The van der Waals surface area contributed by atoms with Gasteiger partial charge in [-0.05, 0) is 7.05 Å². The molecule has 1 aromatic rings. The highest BCUT2D eigenvalue weighted by Crippen LogP contribution is 2.52. The maximum absolute atomic E-state index is 13.8. The molecule has 156 valence electrons. The molecule has 0 saturated carbocycles. The zero-order valence-electron chi connectivity index (χ0n) is 14.2. The topological polar surface area (TPSA) is 37.3 Å². The van der Waals surface area contributed by atoms with Gasteiger partial charge >= 0.3 is 12.1 Å². The molecule has 3 rings (SSSR count). The van der Waals surface area contributed by atoms with Crippen LogP contribution in [0.3, 0.4) is 0 Å². The first-order chi connectivity index (χ1) is 12.8. The van der Waals surface area contributed by atoms with E-state index in [1.807, 2.05) is 4.90 Å². The molecule has 1 fully saturated rings. The van der Waals surface area contributed by atoms with Crippen LogP contribution in [0.2, 0.25) is 10.0 Å². The van der Waals surface area contributed by atoms with Gasteiger partial charge in [-0.15, -0.1) is 0 Å². The van der Waals surface area contributed by atoms with Gasteiger partial charge in [0, 0.05) is 38.3 Å². The van der Waals surface area contributed by atoms with E-state index in [-0.39, 0.29) is 34.6 Å². The van der Waals surface area contributed by atoms with Gasteiger partial charge in [0.25, 0.3) is 3.79 Å². The standard InChI is InChI=1S/C15H13Cl5F3N3O2/c1-25-2-4-26(5-3-25)12(13(21,22)23)24-15(14(18,19)20)27-10-6-8(16)9(17)7-11(10)28-15/h6-7H,2-5H2,1H3/b24-12-. The number of hydrogen-bond acceptors (Lipinski definition) is 4. The van der Waals surface area contributed by atoms with Gasteiger partial charge in [-0.2, -0.15) is 18.2 Å². The minimum atomic E-state index is -4.84. The average molecular weight is 502 g/mol. The fourth-order valence-corrected chi connectivity index (χ4v) is 3.35. The van der Waals surface area contributed by atoms with Gasteiger partial charge in [0.05, 0.1) is 10.0 Å². The van der Waals surface area contributed by atoms with Gasteiger partial charge in [-0.3, -0.25) is 0 Å². The van der Waals surface area contributed by atoms with Crippen molar-refractivity contribution in [2.75, 3.05) is 33.2 Å². The Hall–Kier alpha value is -0.510. The van der Waals surface area contributed by atoms with E-state index < -0.39 is 21.7 Å². The number of likely N-dealkylation sites (N-methyl/N-ethyl adjacent to an activating group) is 1. The summed E-state index contributed by atoms with van der Waals surface area (Å²) in [5.74, 6) is -3.98. The lowest BCUT2D eigenvalue weighted by Gasteiger charge is -2.37. The maximum Gasteiger partial charge on any atom is 0.449 e. The van der Waals surface area contributed by atoms with Crippen LogP contribution in [0.4, 0.5) is 13.2 Å². The summed E-state index contributed by atoms with van der Waals surface area (Å²) in [6.07, 6.45) is -4.84. The van der Waals surface area contributed by atoms with Crippen molar-refractivity contribution >= 4 is 63.8 Å². The molecule has 2 aliphatic heterocycles. The zero-order chi connectivity index (χ0) is 20.9. The van der Waals surface area contributed by atoms with E-state index in [2.05, 4.69) is 4.99 Å². The van der Waals surface area contributed by atoms with Crippen molar-refractivity contribution in [1.82, 2.24) is 9.80 Å². The molecule has 0 aliphatic carbocycles. The highest BCUT2D eigenvalue weighted by atomic mass is 35.6. The maximum atomic E-state index is 13.8. The zero-order valence-corrected chi connectivity index (χ0v) is 17.9. The van der Waals surface area contributed by atoms with Gasteiger partial charge in [0.1, 0.15) is 0 Å².